The lowest BCUT2D eigenvalue weighted by molar-refractivity contribution is 0.523. The zero-order chi connectivity index (χ0) is 15.2. The highest BCUT2D eigenvalue weighted by Crippen LogP contribution is 2.21. The van der Waals surface area contributed by atoms with Crippen molar-refractivity contribution in [3.8, 4) is 0 Å². The number of nitrogens with zero attached hydrogens (tertiary/aromatic N) is 1. The Morgan fingerprint density at radius 3 is 2.43 bits per heavy atom. The Morgan fingerprint density at radius 2 is 1.81 bits per heavy atom. The van der Waals surface area contributed by atoms with Crippen LogP contribution in [0.25, 0.3) is 0 Å². The smallest absolute Gasteiger partial charge is 0.0451 e. The van der Waals surface area contributed by atoms with Gasteiger partial charge in [0.1, 0.15) is 0 Å². The molecule has 1 aromatic heterocycles. The van der Waals surface area contributed by atoms with Gasteiger partial charge in [-0.05, 0) is 50.9 Å². The van der Waals surface area contributed by atoms with Gasteiger partial charge in [-0.3, -0.25) is 4.98 Å². The van der Waals surface area contributed by atoms with Crippen molar-refractivity contribution in [1.82, 2.24) is 10.3 Å². The van der Waals surface area contributed by atoms with Gasteiger partial charge in [0, 0.05) is 24.4 Å². The number of hydrogen-bond donors (Lipinski definition) is 1. The largest absolute Gasteiger partial charge is 0.310 e. The topological polar surface area (TPSA) is 24.9 Å². The Kier molecular flexibility index (Phi) is 5.51. The van der Waals surface area contributed by atoms with Gasteiger partial charge in [-0.2, -0.15) is 0 Å². The summed E-state index contributed by atoms with van der Waals surface area (Å²) >= 11 is 0. The molecule has 0 saturated heterocycles. The fraction of sp³-hybridized carbons (Fsp3) is 0.421. The summed E-state index contributed by atoms with van der Waals surface area (Å²) in [5.41, 5.74) is 6.47. The second-order valence-electron chi connectivity index (χ2n) is 5.90. The number of rotatable bonds is 6. The number of benzene rings is 1. The minimum Gasteiger partial charge on any atom is -0.310 e. The van der Waals surface area contributed by atoms with Crippen LogP contribution in [0, 0.1) is 20.8 Å². The van der Waals surface area contributed by atoms with Gasteiger partial charge in [-0.1, -0.05) is 42.3 Å². The summed E-state index contributed by atoms with van der Waals surface area (Å²) in [7, 11) is 0. The van der Waals surface area contributed by atoms with E-state index in [2.05, 4.69) is 62.3 Å². The number of pyridine rings is 1. The molecule has 112 valence electrons. The first-order chi connectivity index (χ1) is 10.1. The molecule has 0 saturated carbocycles. The van der Waals surface area contributed by atoms with Crippen LogP contribution in [0.2, 0.25) is 0 Å². The normalized spacial score (nSPS) is 12.4. The molecule has 2 nitrogen and oxygen atoms in total. The maximum atomic E-state index is 4.56. The highest BCUT2D eigenvalue weighted by molar-refractivity contribution is 5.32. The third kappa shape index (κ3) is 4.40. The highest BCUT2D eigenvalue weighted by Gasteiger charge is 2.14. The van der Waals surface area contributed by atoms with E-state index in [1.165, 1.54) is 27.9 Å². The molecule has 2 rings (SSSR count). The van der Waals surface area contributed by atoms with E-state index in [1.54, 1.807) is 0 Å². The van der Waals surface area contributed by atoms with E-state index < -0.39 is 0 Å². The van der Waals surface area contributed by atoms with Crippen LogP contribution >= 0.6 is 0 Å². The summed E-state index contributed by atoms with van der Waals surface area (Å²) in [5, 5.41) is 3.68. The van der Waals surface area contributed by atoms with E-state index in [9.17, 15) is 0 Å². The monoisotopic (exact) mass is 282 g/mol. The standard InChI is InChI=1S/C19H26N2/c1-5-8-20-19(13-18-16(4)7-6-9-21-18)17-11-14(2)10-15(3)12-17/h6-7,9-12,19-20H,5,8,13H2,1-4H3. The van der Waals surface area contributed by atoms with Crippen LogP contribution in [0.3, 0.4) is 0 Å². The minimum absolute atomic E-state index is 0.331. The molecule has 1 aromatic carbocycles. The molecular weight excluding hydrogens is 256 g/mol. The minimum atomic E-state index is 0.331. The summed E-state index contributed by atoms with van der Waals surface area (Å²) in [6.45, 7) is 9.71. The van der Waals surface area contributed by atoms with E-state index in [4.69, 9.17) is 0 Å². The van der Waals surface area contributed by atoms with E-state index in [-0.39, 0.29) is 0 Å². The number of aromatic nitrogens is 1. The Bertz CT molecular complexity index is 570. The molecule has 0 aliphatic rings. The zero-order valence-electron chi connectivity index (χ0n) is 13.6. The van der Waals surface area contributed by atoms with E-state index >= 15 is 0 Å². The van der Waals surface area contributed by atoms with Gasteiger partial charge in [0.05, 0.1) is 0 Å². The molecule has 1 heterocycles. The molecule has 0 bridgehead atoms. The number of hydrogen-bond acceptors (Lipinski definition) is 2. The van der Waals surface area contributed by atoms with Gasteiger partial charge in [0.15, 0.2) is 0 Å². The van der Waals surface area contributed by atoms with Crippen molar-refractivity contribution in [2.45, 2.75) is 46.6 Å². The maximum Gasteiger partial charge on any atom is 0.0451 e. The fourth-order valence-corrected chi connectivity index (χ4v) is 2.76. The average Bonchev–Trinajstić information content (AvgIpc) is 2.44. The molecule has 0 fully saturated rings. The fourth-order valence-electron chi connectivity index (χ4n) is 2.76. The Labute approximate surface area is 128 Å². The van der Waals surface area contributed by atoms with Crippen LogP contribution in [0.4, 0.5) is 0 Å². The zero-order valence-corrected chi connectivity index (χ0v) is 13.6. The molecule has 0 aliphatic heterocycles. The van der Waals surface area contributed by atoms with E-state index in [0.29, 0.717) is 6.04 Å². The quantitative estimate of drug-likeness (QED) is 0.855. The molecule has 2 heteroatoms. The SMILES string of the molecule is CCCNC(Cc1ncccc1C)c1cc(C)cc(C)c1. The van der Waals surface area contributed by atoms with Crippen molar-refractivity contribution in [3.63, 3.8) is 0 Å². The van der Waals surface area contributed by atoms with Crippen molar-refractivity contribution >= 4 is 0 Å². The molecule has 1 N–H and O–H groups in total. The molecule has 0 radical (unpaired) electrons. The Balaban J connectivity index is 2.27. The molecule has 2 aromatic rings. The average molecular weight is 282 g/mol. The number of nitrogens with one attached hydrogen (secondary N) is 1. The lowest BCUT2D eigenvalue weighted by Gasteiger charge is -2.20. The van der Waals surface area contributed by atoms with Gasteiger partial charge in [-0.15, -0.1) is 0 Å². The molecule has 0 spiro atoms. The molecular formula is C19H26N2. The molecule has 0 amide bonds. The van der Waals surface area contributed by atoms with Crippen LogP contribution in [-0.4, -0.2) is 11.5 Å². The first kappa shape index (κ1) is 15.7. The Hall–Kier alpha value is -1.67. The van der Waals surface area contributed by atoms with Crippen molar-refractivity contribution < 1.29 is 0 Å². The van der Waals surface area contributed by atoms with Crippen molar-refractivity contribution in [3.05, 3.63) is 64.5 Å². The summed E-state index contributed by atoms with van der Waals surface area (Å²) in [6, 6.07) is 11.3. The van der Waals surface area contributed by atoms with Crippen molar-refractivity contribution in [2.24, 2.45) is 0 Å². The van der Waals surface area contributed by atoms with Gasteiger partial charge in [0.2, 0.25) is 0 Å². The lowest BCUT2D eigenvalue weighted by atomic mass is 9.96. The lowest BCUT2D eigenvalue weighted by Crippen LogP contribution is -2.25. The Morgan fingerprint density at radius 1 is 1.10 bits per heavy atom. The van der Waals surface area contributed by atoms with Gasteiger partial charge >= 0.3 is 0 Å². The molecule has 1 atom stereocenters. The molecule has 0 aliphatic carbocycles. The van der Waals surface area contributed by atoms with Crippen LogP contribution in [0.15, 0.2) is 36.5 Å². The van der Waals surface area contributed by atoms with Crippen LogP contribution in [-0.2, 0) is 6.42 Å². The van der Waals surface area contributed by atoms with Gasteiger partial charge < -0.3 is 5.32 Å². The summed E-state index contributed by atoms with van der Waals surface area (Å²) < 4.78 is 0. The van der Waals surface area contributed by atoms with Gasteiger partial charge in [0.25, 0.3) is 0 Å². The van der Waals surface area contributed by atoms with E-state index in [1.807, 2.05) is 12.3 Å². The first-order valence-corrected chi connectivity index (χ1v) is 7.82. The predicted molar refractivity (Wildman–Crippen MR) is 89.6 cm³/mol. The summed E-state index contributed by atoms with van der Waals surface area (Å²) in [5.74, 6) is 0. The van der Waals surface area contributed by atoms with E-state index in [0.717, 1.165) is 19.4 Å². The molecule has 21 heavy (non-hydrogen) atoms. The van der Waals surface area contributed by atoms with Crippen LogP contribution in [0.1, 0.15) is 47.3 Å². The summed E-state index contributed by atoms with van der Waals surface area (Å²) in [6.07, 6.45) is 3.97. The van der Waals surface area contributed by atoms with Gasteiger partial charge in [-0.25, -0.2) is 0 Å². The highest BCUT2D eigenvalue weighted by atomic mass is 14.9. The third-order valence-corrected chi connectivity index (χ3v) is 3.80. The third-order valence-electron chi connectivity index (χ3n) is 3.80. The second kappa shape index (κ2) is 7.37. The van der Waals surface area contributed by atoms with Crippen LogP contribution in [0.5, 0.6) is 0 Å². The van der Waals surface area contributed by atoms with Crippen molar-refractivity contribution in [1.29, 1.82) is 0 Å². The first-order valence-electron chi connectivity index (χ1n) is 7.82. The molecule has 1 unspecified atom stereocenters. The summed E-state index contributed by atoms with van der Waals surface area (Å²) in [4.78, 5) is 4.56. The van der Waals surface area contributed by atoms with Crippen LogP contribution < -0.4 is 5.32 Å². The van der Waals surface area contributed by atoms with Crippen molar-refractivity contribution in [2.75, 3.05) is 6.54 Å². The second-order valence-corrected chi connectivity index (χ2v) is 5.90. The predicted octanol–water partition coefficient (Wildman–Crippen LogP) is 4.29. The maximum absolute atomic E-state index is 4.56. The number of aryl methyl sites for hydroxylation is 3.